The SMILES string of the molecule is CC=CCCc1ccc(CCC2CCC(C3CCC(C[C@@H](C)c4ccccc4)CC3)CC2)cc1. The van der Waals surface area contributed by atoms with Crippen molar-refractivity contribution in [1.29, 1.82) is 0 Å². The van der Waals surface area contributed by atoms with E-state index < -0.39 is 0 Å². The van der Waals surface area contributed by atoms with Crippen LogP contribution >= 0.6 is 0 Å². The van der Waals surface area contributed by atoms with Crippen molar-refractivity contribution in [3.63, 3.8) is 0 Å². The van der Waals surface area contributed by atoms with Gasteiger partial charge in [-0.15, -0.1) is 0 Å². The van der Waals surface area contributed by atoms with Gasteiger partial charge < -0.3 is 0 Å². The molecule has 0 saturated heterocycles. The molecule has 2 aliphatic carbocycles. The minimum Gasteiger partial charge on any atom is -0.0917 e. The third-order valence-corrected chi connectivity index (χ3v) is 9.20. The summed E-state index contributed by atoms with van der Waals surface area (Å²) in [5.41, 5.74) is 4.55. The highest BCUT2D eigenvalue weighted by Crippen LogP contribution is 2.43. The summed E-state index contributed by atoms with van der Waals surface area (Å²) in [6, 6.07) is 20.6. The van der Waals surface area contributed by atoms with Crippen molar-refractivity contribution < 1.29 is 0 Å². The maximum Gasteiger partial charge on any atom is -0.0188 e. The fraction of sp³-hybridized carbons (Fsp3) is 0.588. The quantitative estimate of drug-likeness (QED) is 0.312. The number of hydrogen-bond donors (Lipinski definition) is 0. The van der Waals surface area contributed by atoms with Crippen LogP contribution in [0.5, 0.6) is 0 Å². The molecule has 2 aromatic carbocycles. The molecule has 184 valence electrons. The van der Waals surface area contributed by atoms with Gasteiger partial charge in [-0.05, 0) is 111 Å². The van der Waals surface area contributed by atoms with Crippen LogP contribution in [0.1, 0.15) is 107 Å². The van der Waals surface area contributed by atoms with Gasteiger partial charge in [-0.2, -0.15) is 0 Å². The molecular formula is C34H48. The molecule has 2 aliphatic rings. The summed E-state index contributed by atoms with van der Waals surface area (Å²) >= 11 is 0. The third-order valence-electron chi connectivity index (χ3n) is 9.20. The smallest absolute Gasteiger partial charge is 0.0188 e. The van der Waals surface area contributed by atoms with Crippen LogP contribution in [0.4, 0.5) is 0 Å². The van der Waals surface area contributed by atoms with E-state index in [1.807, 2.05) is 0 Å². The molecular weight excluding hydrogens is 408 g/mol. The third kappa shape index (κ3) is 7.59. The largest absolute Gasteiger partial charge is 0.0917 e. The zero-order chi connectivity index (χ0) is 23.6. The first-order valence-corrected chi connectivity index (χ1v) is 14.4. The van der Waals surface area contributed by atoms with E-state index in [2.05, 4.69) is 80.6 Å². The second-order valence-corrected chi connectivity index (χ2v) is 11.6. The summed E-state index contributed by atoms with van der Waals surface area (Å²) in [5, 5.41) is 0. The van der Waals surface area contributed by atoms with E-state index >= 15 is 0 Å². The van der Waals surface area contributed by atoms with E-state index in [9.17, 15) is 0 Å². The average molecular weight is 457 g/mol. The molecule has 0 radical (unpaired) electrons. The van der Waals surface area contributed by atoms with Crippen molar-refractivity contribution in [3.8, 4) is 0 Å². The van der Waals surface area contributed by atoms with Gasteiger partial charge in [-0.3, -0.25) is 0 Å². The fourth-order valence-electron chi connectivity index (χ4n) is 6.92. The summed E-state index contributed by atoms with van der Waals surface area (Å²) in [4.78, 5) is 0. The lowest BCUT2D eigenvalue weighted by atomic mass is 9.67. The first-order chi connectivity index (χ1) is 16.7. The Bertz CT molecular complexity index is 829. The van der Waals surface area contributed by atoms with Gasteiger partial charge in [-0.25, -0.2) is 0 Å². The zero-order valence-electron chi connectivity index (χ0n) is 21.9. The van der Waals surface area contributed by atoms with E-state index in [0.717, 1.165) is 30.1 Å². The van der Waals surface area contributed by atoms with Gasteiger partial charge in [-0.1, -0.05) is 99.4 Å². The molecule has 2 aromatic rings. The van der Waals surface area contributed by atoms with E-state index in [1.165, 1.54) is 88.2 Å². The average Bonchev–Trinajstić information content (AvgIpc) is 2.90. The van der Waals surface area contributed by atoms with Crippen LogP contribution in [0.2, 0.25) is 0 Å². The van der Waals surface area contributed by atoms with Crippen molar-refractivity contribution in [3.05, 3.63) is 83.4 Å². The van der Waals surface area contributed by atoms with Gasteiger partial charge in [0.05, 0.1) is 0 Å². The molecule has 0 heterocycles. The Hall–Kier alpha value is -1.82. The van der Waals surface area contributed by atoms with Crippen LogP contribution in [-0.4, -0.2) is 0 Å². The molecule has 34 heavy (non-hydrogen) atoms. The molecule has 0 unspecified atom stereocenters. The van der Waals surface area contributed by atoms with Crippen molar-refractivity contribution in [2.45, 2.75) is 103 Å². The standard InChI is InChI=1S/C34H48/c1-3-4-6-9-28-12-14-29(15-13-28)16-17-30-18-22-33(23-19-30)34-24-20-31(21-25-34)26-27(2)32-10-7-5-8-11-32/h3-5,7-8,10-15,27,30-31,33-34H,6,9,16-26H2,1-2H3/t27-,30?,31?,33?,34?/m1/s1. The van der Waals surface area contributed by atoms with Crippen molar-refractivity contribution in [1.82, 2.24) is 0 Å². The summed E-state index contributed by atoms with van der Waals surface area (Å²) in [6.07, 6.45) is 22.7. The van der Waals surface area contributed by atoms with Crippen LogP contribution in [-0.2, 0) is 12.8 Å². The molecule has 0 bridgehead atoms. The second kappa shape index (κ2) is 13.3. The predicted molar refractivity (Wildman–Crippen MR) is 148 cm³/mol. The molecule has 0 aromatic heterocycles. The zero-order valence-corrected chi connectivity index (χ0v) is 21.9. The Morgan fingerprint density at radius 1 is 0.706 bits per heavy atom. The Balaban J connectivity index is 1.12. The molecule has 0 amide bonds. The molecule has 0 N–H and O–H groups in total. The Labute approximate surface area is 210 Å². The normalized spacial score (nSPS) is 26.5. The van der Waals surface area contributed by atoms with Gasteiger partial charge in [0.15, 0.2) is 0 Å². The van der Waals surface area contributed by atoms with Crippen molar-refractivity contribution >= 4 is 0 Å². The van der Waals surface area contributed by atoms with Crippen molar-refractivity contribution in [2.75, 3.05) is 0 Å². The molecule has 1 atom stereocenters. The Kier molecular flexibility index (Phi) is 9.90. The van der Waals surface area contributed by atoms with Gasteiger partial charge >= 0.3 is 0 Å². The molecule has 4 rings (SSSR count). The monoisotopic (exact) mass is 456 g/mol. The molecule has 2 fully saturated rings. The predicted octanol–water partition coefficient (Wildman–Crippen LogP) is 9.93. The Morgan fingerprint density at radius 3 is 1.85 bits per heavy atom. The lowest BCUT2D eigenvalue weighted by Gasteiger charge is -2.38. The maximum atomic E-state index is 2.43. The lowest BCUT2D eigenvalue weighted by molar-refractivity contribution is 0.139. The molecule has 0 heteroatoms. The van der Waals surface area contributed by atoms with Crippen LogP contribution in [0.25, 0.3) is 0 Å². The van der Waals surface area contributed by atoms with E-state index in [-0.39, 0.29) is 0 Å². The molecule has 0 aliphatic heterocycles. The summed E-state index contributed by atoms with van der Waals surface area (Å²) in [6.45, 7) is 4.54. The fourth-order valence-corrected chi connectivity index (χ4v) is 6.92. The van der Waals surface area contributed by atoms with Crippen LogP contribution in [0.3, 0.4) is 0 Å². The van der Waals surface area contributed by atoms with Crippen LogP contribution in [0, 0.1) is 23.7 Å². The molecule has 0 spiro atoms. The number of rotatable bonds is 10. The summed E-state index contributed by atoms with van der Waals surface area (Å²) in [7, 11) is 0. The van der Waals surface area contributed by atoms with Gasteiger partial charge in [0.25, 0.3) is 0 Å². The van der Waals surface area contributed by atoms with Crippen LogP contribution < -0.4 is 0 Å². The Morgan fingerprint density at radius 2 is 1.26 bits per heavy atom. The highest BCUT2D eigenvalue weighted by atomic mass is 14.4. The topological polar surface area (TPSA) is 0 Å². The van der Waals surface area contributed by atoms with Crippen LogP contribution in [0.15, 0.2) is 66.7 Å². The number of benzene rings is 2. The highest BCUT2D eigenvalue weighted by molar-refractivity contribution is 5.23. The number of aryl methyl sites for hydroxylation is 2. The minimum absolute atomic E-state index is 0.715. The minimum atomic E-state index is 0.715. The van der Waals surface area contributed by atoms with E-state index in [0.29, 0.717) is 5.92 Å². The molecule has 2 saturated carbocycles. The van der Waals surface area contributed by atoms with Gasteiger partial charge in [0.1, 0.15) is 0 Å². The summed E-state index contributed by atoms with van der Waals surface area (Å²) in [5.74, 6) is 4.69. The first kappa shape index (κ1) is 25.3. The van der Waals surface area contributed by atoms with Crippen molar-refractivity contribution in [2.24, 2.45) is 23.7 Å². The maximum absolute atomic E-state index is 2.43. The lowest BCUT2D eigenvalue weighted by Crippen LogP contribution is -2.26. The van der Waals surface area contributed by atoms with E-state index in [1.54, 1.807) is 5.56 Å². The first-order valence-electron chi connectivity index (χ1n) is 14.4. The van der Waals surface area contributed by atoms with Gasteiger partial charge in [0, 0.05) is 0 Å². The number of hydrogen-bond acceptors (Lipinski definition) is 0. The van der Waals surface area contributed by atoms with Gasteiger partial charge in [0.2, 0.25) is 0 Å². The van der Waals surface area contributed by atoms with E-state index in [4.69, 9.17) is 0 Å². The highest BCUT2D eigenvalue weighted by Gasteiger charge is 2.31. The molecule has 0 nitrogen and oxygen atoms in total. The second-order valence-electron chi connectivity index (χ2n) is 11.6. The summed E-state index contributed by atoms with van der Waals surface area (Å²) < 4.78 is 0. The number of allylic oxidation sites excluding steroid dienone is 2.